The number of para-hydroxylation sites is 5. The van der Waals surface area contributed by atoms with Gasteiger partial charge in [-0.05, 0) is 35.9 Å². The SMILES string of the molecule is N#Cc1c(-n2c3ccccc3c3ccccc32)c(-n2c3ccccc3c3ccccc32)cc2c1oc1c(-c3ccccc3)cccc12. The third-order valence-electron chi connectivity index (χ3n) is 9.56. The van der Waals surface area contributed by atoms with E-state index in [0.717, 1.165) is 71.7 Å². The van der Waals surface area contributed by atoms with Crippen molar-refractivity contribution in [2.24, 2.45) is 0 Å². The Hall–Kier alpha value is -6.57. The summed E-state index contributed by atoms with van der Waals surface area (Å²) in [5, 5.41) is 17.7. The van der Waals surface area contributed by atoms with Gasteiger partial charge >= 0.3 is 0 Å². The van der Waals surface area contributed by atoms with Gasteiger partial charge in [-0.15, -0.1) is 0 Å². The average Bonchev–Trinajstić information content (AvgIpc) is 3.79. The minimum absolute atomic E-state index is 0.501. The van der Waals surface area contributed by atoms with E-state index >= 15 is 0 Å². The summed E-state index contributed by atoms with van der Waals surface area (Å²) in [6.07, 6.45) is 0. The van der Waals surface area contributed by atoms with E-state index in [-0.39, 0.29) is 0 Å². The highest BCUT2D eigenvalue weighted by Gasteiger charge is 2.26. The molecule has 0 aliphatic heterocycles. The minimum Gasteiger partial charge on any atom is -0.454 e. The standard InChI is InChI=1S/C43H25N3O/c44-26-35-41(46-38-23-10-6-17-31(38)32-18-7-11-24-39(32)46)40(45-36-21-8-4-15-29(36)30-16-5-9-22-37(30)45)25-34-33-20-12-19-28(42(33)47-43(34)35)27-13-2-1-3-14-27/h1-25H. The Morgan fingerprint density at radius 2 is 0.936 bits per heavy atom. The molecule has 0 bridgehead atoms. The molecule has 4 heteroatoms. The van der Waals surface area contributed by atoms with Crippen molar-refractivity contribution in [1.82, 2.24) is 9.13 Å². The molecule has 0 atom stereocenters. The molecule has 0 fully saturated rings. The maximum absolute atomic E-state index is 11.2. The summed E-state index contributed by atoms with van der Waals surface area (Å²) >= 11 is 0. The van der Waals surface area contributed by atoms with Gasteiger partial charge in [-0.2, -0.15) is 5.26 Å². The van der Waals surface area contributed by atoms with Crippen LogP contribution >= 0.6 is 0 Å². The van der Waals surface area contributed by atoms with Crippen LogP contribution in [0, 0.1) is 11.3 Å². The van der Waals surface area contributed by atoms with Gasteiger partial charge < -0.3 is 13.6 Å². The molecule has 3 aromatic heterocycles. The smallest absolute Gasteiger partial charge is 0.155 e. The zero-order valence-corrected chi connectivity index (χ0v) is 25.2. The number of hydrogen-bond acceptors (Lipinski definition) is 2. The molecule has 3 heterocycles. The number of furan rings is 1. The number of rotatable bonds is 3. The number of nitriles is 1. The first kappa shape index (κ1) is 25.7. The highest BCUT2D eigenvalue weighted by atomic mass is 16.3. The fourth-order valence-corrected chi connectivity index (χ4v) is 7.60. The monoisotopic (exact) mass is 599 g/mol. The molecular weight excluding hydrogens is 574 g/mol. The quantitative estimate of drug-likeness (QED) is 0.203. The van der Waals surface area contributed by atoms with E-state index in [1.54, 1.807) is 0 Å². The number of nitrogens with zero attached hydrogens (tertiary/aromatic N) is 3. The Kier molecular flexibility index (Phi) is 5.32. The molecule has 0 aliphatic rings. The van der Waals surface area contributed by atoms with E-state index in [0.29, 0.717) is 11.1 Å². The highest BCUT2D eigenvalue weighted by molar-refractivity contribution is 6.16. The third-order valence-corrected chi connectivity index (χ3v) is 9.56. The lowest BCUT2D eigenvalue weighted by Crippen LogP contribution is -2.06. The van der Waals surface area contributed by atoms with Crippen LogP contribution in [0.2, 0.25) is 0 Å². The second-order valence-electron chi connectivity index (χ2n) is 12.0. The molecule has 0 N–H and O–H groups in total. The van der Waals surface area contributed by atoms with E-state index in [9.17, 15) is 5.26 Å². The minimum atomic E-state index is 0.501. The summed E-state index contributed by atoms with van der Waals surface area (Å²) in [7, 11) is 0. The maximum atomic E-state index is 11.2. The van der Waals surface area contributed by atoms with Crippen LogP contribution in [0.4, 0.5) is 0 Å². The molecule has 218 valence electrons. The van der Waals surface area contributed by atoms with Gasteiger partial charge in [0.25, 0.3) is 0 Å². The molecule has 0 saturated heterocycles. The molecule has 10 aromatic rings. The second kappa shape index (κ2) is 9.71. The topological polar surface area (TPSA) is 46.8 Å². The van der Waals surface area contributed by atoms with E-state index < -0.39 is 0 Å². The largest absolute Gasteiger partial charge is 0.454 e. The average molecular weight is 600 g/mol. The molecule has 0 amide bonds. The Balaban J connectivity index is 1.45. The summed E-state index contributed by atoms with van der Waals surface area (Å²) in [5.74, 6) is 0. The predicted octanol–water partition coefficient (Wildman–Crippen LogP) is 11.3. The van der Waals surface area contributed by atoms with E-state index in [4.69, 9.17) is 4.42 Å². The van der Waals surface area contributed by atoms with Crippen LogP contribution < -0.4 is 0 Å². The van der Waals surface area contributed by atoms with Crippen molar-refractivity contribution in [3.8, 4) is 28.6 Å². The summed E-state index contributed by atoms with van der Waals surface area (Å²) < 4.78 is 11.4. The van der Waals surface area contributed by atoms with Crippen LogP contribution in [0.15, 0.2) is 156 Å². The van der Waals surface area contributed by atoms with Crippen molar-refractivity contribution >= 4 is 65.6 Å². The fourth-order valence-electron chi connectivity index (χ4n) is 7.60. The van der Waals surface area contributed by atoms with Crippen molar-refractivity contribution in [2.45, 2.75) is 0 Å². The Bertz CT molecular complexity index is 2810. The van der Waals surface area contributed by atoms with E-state index in [2.05, 4.69) is 149 Å². The first-order valence-corrected chi connectivity index (χ1v) is 15.8. The van der Waals surface area contributed by atoms with Gasteiger partial charge in [0.05, 0.1) is 33.4 Å². The molecule has 47 heavy (non-hydrogen) atoms. The summed E-state index contributed by atoms with van der Waals surface area (Å²) in [4.78, 5) is 0. The zero-order chi connectivity index (χ0) is 31.1. The van der Waals surface area contributed by atoms with Crippen LogP contribution in [0.25, 0.3) is 88.1 Å². The van der Waals surface area contributed by atoms with Gasteiger partial charge in [-0.3, -0.25) is 0 Å². The molecule has 7 aromatic carbocycles. The lowest BCUT2D eigenvalue weighted by atomic mass is 10.0. The Morgan fingerprint density at radius 1 is 0.447 bits per heavy atom. The molecule has 0 radical (unpaired) electrons. The lowest BCUT2D eigenvalue weighted by molar-refractivity contribution is 0.668. The van der Waals surface area contributed by atoms with Crippen molar-refractivity contribution in [1.29, 1.82) is 5.26 Å². The van der Waals surface area contributed by atoms with Crippen LogP contribution in [0.3, 0.4) is 0 Å². The molecule has 0 unspecified atom stereocenters. The van der Waals surface area contributed by atoms with Crippen LogP contribution in [0.1, 0.15) is 5.56 Å². The number of benzene rings is 7. The molecular formula is C43H25N3O. The highest BCUT2D eigenvalue weighted by Crippen LogP contribution is 2.45. The van der Waals surface area contributed by atoms with Crippen molar-refractivity contribution in [3.63, 3.8) is 0 Å². The molecule has 10 rings (SSSR count). The first-order chi connectivity index (χ1) is 23.3. The zero-order valence-electron chi connectivity index (χ0n) is 25.2. The second-order valence-corrected chi connectivity index (χ2v) is 12.0. The Labute approximate surface area is 269 Å². The lowest BCUT2D eigenvalue weighted by Gasteiger charge is -2.18. The summed E-state index contributed by atoms with van der Waals surface area (Å²) in [5.41, 5.74) is 9.88. The van der Waals surface area contributed by atoms with Crippen molar-refractivity contribution in [3.05, 3.63) is 157 Å². The van der Waals surface area contributed by atoms with Gasteiger partial charge in [0.1, 0.15) is 17.2 Å². The van der Waals surface area contributed by atoms with Crippen molar-refractivity contribution in [2.75, 3.05) is 0 Å². The van der Waals surface area contributed by atoms with E-state index in [1.807, 2.05) is 18.2 Å². The molecule has 0 saturated carbocycles. The van der Waals surface area contributed by atoms with Crippen LogP contribution in [-0.4, -0.2) is 9.13 Å². The normalized spacial score (nSPS) is 11.8. The van der Waals surface area contributed by atoms with Gasteiger partial charge in [0.2, 0.25) is 0 Å². The summed E-state index contributed by atoms with van der Waals surface area (Å²) in [6.45, 7) is 0. The maximum Gasteiger partial charge on any atom is 0.155 e. The third kappa shape index (κ3) is 3.51. The summed E-state index contributed by atoms with van der Waals surface area (Å²) in [6, 6.07) is 55.4. The molecule has 0 spiro atoms. The van der Waals surface area contributed by atoms with Gasteiger partial charge in [-0.25, -0.2) is 0 Å². The van der Waals surface area contributed by atoms with Crippen molar-refractivity contribution < 1.29 is 4.42 Å². The Morgan fingerprint density at radius 3 is 1.49 bits per heavy atom. The van der Waals surface area contributed by atoms with Gasteiger partial charge in [0.15, 0.2) is 5.58 Å². The van der Waals surface area contributed by atoms with Gasteiger partial charge in [0, 0.05) is 37.9 Å². The molecule has 4 nitrogen and oxygen atoms in total. The number of aromatic nitrogens is 2. The fraction of sp³-hybridized carbons (Fsp3) is 0. The van der Waals surface area contributed by atoms with Crippen LogP contribution in [0.5, 0.6) is 0 Å². The predicted molar refractivity (Wildman–Crippen MR) is 193 cm³/mol. The van der Waals surface area contributed by atoms with E-state index in [1.165, 1.54) is 10.8 Å². The first-order valence-electron chi connectivity index (χ1n) is 15.8. The molecule has 0 aliphatic carbocycles. The van der Waals surface area contributed by atoms with Gasteiger partial charge in [-0.1, -0.05) is 121 Å². The number of fused-ring (bicyclic) bond motifs is 9. The van der Waals surface area contributed by atoms with Crippen LogP contribution in [-0.2, 0) is 0 Å². The number of hydrogen-bond donors (Lipinski definition) is 0.